The Balaban J connectivity index is 2.18. The smallest absolute Gasteiger partial charge is 0.323 e. The molecule has 0 radical (unpaired) electrons. The Labute approximate surface area is 164 Å². The van der Waals surface area contributed by atoms with Crippen LogP contribution < -0.4 is 0 Å². The van der Waals surface area contributed by atoms with Crippen molar-refractivity contribution in [3.63, 3.8) is 0 Å². The number of aliphatic hydroxyl groups excluding tert-OH is 1. The number of aliphatic hydroxyl groups is 1. The Hall–Kier alpha value is -4.01. The second-order valence-electron chi connectivity index (χ2n) is 6.54. The van der Waals surface area contributed by atoms with E-state index in [4.69, 9.17) is 5.11 Å². The molecule has 3 rings (SSSR count). The fourth-order valence-corrected chi connectivity index (χ4v) is 3.18. The van der Waals surface area contributed by atoms with Gasteiger partial charge in [-0.15, -0.1) is 0 Å². The summed E-state index contributed by atoms with van der Waals surface area (Å²) >= 11 is 0. The van der Waals surface area contributed by atoms with Crippen LogP contribution in [0.25, 0.3) is 5.76 Å². The Morgan fingerprint density at radius 2 is 1.66 bits per heavy atom. The molecule has 9 heteroatoms. The average molecular weight is 396 g/mol. The predicted molar refractivity (Wildman–Crippen MR) is 101 cm³/mol. The maximum absolute atomic E-state index is 12.6. The number of likely N-dealkylation sites (tertiary alicyclic amines) is 1. The van der Waals surface area contributed by atoms with E-state index in [9.17, 15) is 29.6 Å². The molecule has 9 nitrogen and oxygen atoms in total. The molecule has 1 atom stereocenters. The van der Waals surface area contributed by atoms with E-state index in [1.54, 1.807) is 24.3 Å². The van der Waals surface area contributed by atoms with Gasteiger partial charge in [-0.05, 0) is 24.6 Å². The molecule has 0 spiro atoms. The highest BCUT2D eigenvalue weighted by Crippen LogP contribution is 2.39. The maximum Gasteiger partial charge on any atom is 0.323 e. The summed E-state index contributed by atoms with van der Waals surface area (Å²) in [5.41, 5.74) is 0.997. The fourth-order valence-electron chi connectivity index (χ4n) is 3.18. The van der Waals surface area contributed by atoms with Crippen molar-refractivity contribution in [1.82, 2.24) is 4.90 Å². The number of benzene rings is 2. The SMILES string of the molecule is Cc1ccc(/C(O)=C2\C(=O)C(=O)N(CC(=O)O)[C@@H]2c2ccc([N+](=O)[O-])cc2)cc1. The zero-order chi connectivity index (χ0) is 21.3. The molecule has 148 valence electrons. The van der Waals surface area contributed by atoms with Gasteiger partial charge in [0, 0.05) is 17.7 Å². The zero-order valence-electron chi connectivity index (χ0n) is 15.2. The molecule has 1 amide bonds. The van der Waals surface area contributed by atoms with Gasteiger partial charge in [0.2, 0.25) is 0 Å². The maximum atomic E-state index is 12.6. The highest BCUT2D eigenvalue weighted by atomic mass is 16.6. The second kappa shape index (κ2) is 7.55. The summed E-state index contributed by atoms with van der Waals surface area (Å²) in [5, 5.41) is 30.8. The number of carbonyl (C=O) groups is 3. The van der Waals surface area contributed by atoms with Crippen molar-refractivity contribution >= 4 is 29.1 Å². The highest BCUT2D eigenvalue weighted by Gasteiger charge is 2.46. The van der Waals surface area contributed by atoms with E-state index in [1.165, 1.54) is 24.3 Å². The van der Waals surface area contributed by atoms with Gasteiger partial charge in [-0.1, -0.05) is 29.8 Å². The first-order valence-corrected chi connectivity index (χ1v) is 8.52. The van der Waals surface area contributed by atoms with Crippen molar-refractivity contribution in [3.8, 4) is 0 Å². The van der Waals surface area contributed by atoms with Crippen LogP contribution in [0.4, 0.5) is 5.69 Å². The lowest BCUT2D eigenvalue weighted by Gasteiger charge is -2.23. The second-order valence-corrected chi connectivity index (χ2v) is 6.54. The Morgan fingerprint density at radius 1 is 1.07 bits per heavy atom. The molecule has 1 aliphatic rings. The first-order valence-electron chi connectivity index (χ1n) is 8.52. The number of nitro benzene ring substituents is 1. The van der Waals surface area contributed by atoms with Crippen LogP contribution in [0.15, 0.2) is 54.1 Å². The number of amides is 1. The van der Waals surface area contributed by atoms with Gasteiger partial charge in [0.1, 0.15) is 12.3 Å². The molecule has 0 bridgehead atoms. The first kappa shape index (κ1) is 19.7. The van der Waals surface area contributed by atoms with E-state index in [0.29, 0.717) is 0 Å². The Morgan fingerprint density at radius 3 is 2.17 bits per heavy atom. The summed E-state index contributed by atoms with van der Waals surface area (Å²) in [7, 11) is 0. The van der Waals surface area contributed by atoms with Crippen LogP contribution >= 0.6 is 0 Å². The number of non-ortho nitro benzene ring substituents is 1. The summed E-state index contributed by atoms with van der Waals surface area (Å²) in [6, 6.07) is 10.4. The quantitative estimate of drug-likeness (QED) is 0.260. The number of aliphatic carboxylic acids is 1. The van der Waals surface area contributed by atoms with E-state index >= 15 is 0 Å². The zero-order valence-corrected chi connectivity index (χ0v) is 15.2. The lowest BCUT2D eigenvalue weighted by atomic mass is 9.95. The molecule has 1 fully saturated rings. The number of carbonyl (C=O) groups excluding carboxylic acids is 2. The van der Waals surface area contributed by atoms with E-state index in [1.807, 2.05) is 6.92 Å². The minimum atomic E-state index is -1.34. The van der Waals surface area contributed by atoms with E-state index in [0.717, 1.165) is 10.5 Å². The third kappa shape index (κ3) is 3.70. The number of hydrogen-bond donors (Lipinski definition) is 2. The van der Waals surface area contributed by atoms with Gasteiger partial charge in [0.15, 0.2) is 0 Å². The van der Waals surface area contributed by atoms with Crippen LogP contribution in [0.1, 0.15) is 22.7 Å². The van der Waals surface area contributed by atoms with Crippen LogP contribution in [-0.2, 0) is 14.4 Å². The molecular weight excluding hydrogens is 380 g/mol. The van der Waals surface area contributed by atoms with Crippen LogP contribution in [0.2, 0.25) is 0 Å². The van der Waals surface area contributed by atoms with Crippen molar-refractivity contribution in [3.05, 3.63) is 80.9 Å². The van der Waals surface area contributed by atoms with E-state index < -0.39 is 40.9 Å². The lowest BCUT2D eigenvalue weighted by molar-refractivity contribution is -0.384. The van der Waals surface area contributed by atoms with Crippen molar-refractivity contribution in [2.24, 2.45) is 0 Å². The van der Waals surface area contributed by atoms with E-state index in [-0.39, 0.29) is 22.4 Å². The molecule has 1 aliphatic heterocycles. The van der Waals surface area contributed by atoms with Gasteiger partial charge >= 0.3 is 5.97 Å². The number of carboxylic acid groups (broad SMARTS) is 1. The molecule has 2 aromatic rings. The number of rotatable bonds is 5. The number of ketones is 1. The normalized spacial score (nSPS) is 18.1. The predicted octanol–water partition coefficient (Wildman–Crippen LogP) is 2.41. The molecule has 0 saturated carbocycles. The monoisotopic (exact) mass is 396 g/mol. The molecule has 2 N–H and O–H groups in total. The van der Waals surface area contributed by atoms with Crippen LogP contribution in [0.3, 0.4) is 0 Å². The number of nitro groups is 1. The van der Waals surface area contributed by atoms with Crippen molar-refractivity contribution in [1.29, 1.82) is 0 Å². The van der Waals surface area contributed by atoms with Crippen molar-refractivity contribution in [2.75, 3.05) is 6.54 Å². The Bertz CT molecular complexity index is 1040. The van der Waals surface area contributed by atoms with Crippen LogP contribution in [0, 0.1) is 17.0 Å². The number of hydrogen-bond acceptors (Lipinski definition) is 6. The standard InChI is InChI=1S/C20H16N2O7/c1-11-2-4-13(5-3-11)18(25)16-17(12-6-8-14(9-7-12)22(28)29)21(10-15(23)24)20(27)19(16)26/h2-9,17,25H,10H2,1H3,(H,23,24)/b18-16+/t17-/m1/s1. The van der Waals surface area contributed by atoms with Gasteiger partial charge in [0.05, 0.1) is 16.5 Å². The number of nitrogens with zero attached hydrogens (tertiary/aromatic N) is 2. The molecule has 0 aliphatic carbocycles. The molecular formula is C20H16N2O7. The highest BCUT2D eigenvalue weighted by molar-refractivity contribution is 6.46. The minimum absolute atomic E-state index is 0.206. The molecule has 2 aromatic carbocycles. The summed E-state index contributed by atoms with van der Waals surface area (Å²) in [5.74, 6) is -3.87. The summed E-state index contributed by atoms with van der Waals surface area (Å²) in [4.78, 5) is 47.4. The fraction of sp³-hybridized carbons (Fsp3) is 0.150. The topological polar surface area (TPSA) is 138 Å². The average Bonchev–Trinajstić information content (AvgIpc) is 2.92. The molecule has 1 saturated heterocycles. The number of Topliss-reactive ketones (excluding diaryl/α,β-unsaturated/α-hetero) is 1. The van der Waals surface area contributed by atoms with Crippen molar-refractivity contribution in [2.45, 2.75) is 13.0 Å². The number of carboxylic acids is 1. The van der Waals surface area contributed by atoms with Gasteiger partial charge in [-0.2, -0.15) is 0 Å². The summed E-state index contributed by atoms with van der Waals surface area (Å²) in [6.07, 6.45) is 0. The number of aryl methyl sites for hydroxylation is 1. The molecule has 0 unspecified atom stereocenters. The third-order valence-electron chi connectivity index (χ3n) is 4.59. The van der Waals surface area contributed by atoms with Gasteiger partial charge in [-0.25, -0.2) is 0 Å². The first-order chi connectivity index (χ1) is 13.7. The van der Waals surface area contributed by atoms with Crippen LogP contribution in [0.5, 0.6) is 0 Å². The third-order valence-corrected chi connectivity index (χ3v) is 4.59. The lowest BCUT2D eigenvalue weighted by Crippen LogP contribution is -2.34. The largest absolute Gasteiger partial charge is 0.507 e. The summed E-state index contributed by atoms with van der Waals surface area (Å²) < 4.78 is 0. The Kier molecular flexibility index (Phi) is 5.14. The minimum Gasteiger partial charge on any atom is -0.507 e. The van der Waals surface area contributed by atoms with E-state index in [2.05, 4.69) is 0 Å². The molecule has 1 heterocycles. The summed E-state index contributed by atoms with van der Waals surface area (Å²) in [6.45, 7) is 1.07. The molecule has 0 aromatic heterocycles. The van der Waals surface area contributed by atoms with Gasteiger partial charge < -0.3 is 15.1 Å². The van der Waals surface area contributed by atoms with Gasteiger partial charge in [-0.3, -0.25) is 24.5 Å². The van der Waals surface area contributed by atoms with Crippen molar-refractivity contribution < 1.29 is 29.5 Å². The van der Waals surface area contributed by atoms with Crippen LogP contribution in [-0.4, -0.2) is 44.2 Å². The molecule has 29 heavy (non-hydrogen) atoms. The van der Waals surface area contributed by atoms with Gasteiger partial charge in [0.25, 0.3) is 17.4 Å².